The second-order valence-electron chi connectivity index (χ2n) is 5.80. The third kappa shape index (κ3) is 3.11. The zero-order chi connectivity index (χ0) is 14.6. The van der Waals surface area contributed by atoms with Crippen molar-refractivity contribution in [3.63, 3.8) is 0 Å². The molecule has 0 radical (unpaired) electrons. The molecule has 0 bridgehead atoms. The maximum Gasteiger partial charge on any atom is 0.162 e. The van der Waals surface area contributed by atoms with Crippen molar-refractivity contribution in [1.82, 2.24) is 9.97 Å². The number of anilines is 1. The van der Waals surface area contributed by atoms with Gasteiger partial charge in [-0.1, -0.05) is 19.8 Å². The van der Waals surface area contributed by atoms with Crippen LogP contribution in [0.2, 0.25) is 0 Å². The number of rotatable bonds is 6. The fourth-order valence-electron chi connectivity index (χ4n) is 2.80. The first-order chi connectivity index (χ1) is 9.62. The lowest BCUT2D eigenvalue weighted by Crippen LogP contribution is -2.27. The fraction of sp³-hybridized carbons (Fsp3) is 0.750. The first kappa shape index (κ1) is 15.2. The van der Waals surface area contributed by atoms with E-state index in [0.717, 1.165) is 24.6 Å². The maximum atomic E-state index is 5.67. The van der Waals surface area contributed by atoms with Gasteiger partial charge in [-0.25, -0.2) is 9.97 Å². The first-order valence-corrected chi connectivity index (χ1v) is 7.81. The lowest BCUT2D eigenvalue weighted by atomic mass is 10.00. The van der Waals surface area contributed by atoms with Crippen LogP contribution < -0.4 is 5.32 Å². The SMILES string of the molecule is CCNc1cc(C2CCCC2)nc(C(C)(CC)OC)n1. The van der Waals surface area contributed by atoms with E-state index in [1.54, 1.807) is 7.11 Å². The highest BCUT2D eigenvalue weighted by atomic mass is 16.5. The summed E-state index contributed by atoms with van der Waals surface area (Å²) in [4.78, 5) is 9.50. The molecule has 0 amide bonds. The van der Waals surface area contributed by atoms with Crippen LogP contribution in [0.25, 0.3) is 0 Å². The third-order valence-electron chi connectivity index (χ3n) is 4.48. The number of hydrogen-bond donors (Lipinski definition) is 1. The number of ether oxygens (including phenoxy) is 1. The van der Waals surface area contributed by atoms with Gasteiger partial charge in [-0.05, 0) is 33.1 Å². The van der Waals surface area contributed by atoms with Crippen molar-refractivity contribution >= 4 is 5.82 Å². The minimum absolute atomic E-state index is 0.404. The average Bonchev–Trinajstić information content (AvgIpc) is 3.00. The standard InChI is InChI=1S/C16H27N3O/c1-5-16(3,20-4)15-18-13(12-9-7-8-10-12)11-14(19-15)17-6-2/h11-12H,5-10H2,1-4H3,(H,17,18,19). The minimum Gasteiger partial charge on any atom is -0.371 e. The van der Waals surface area contributed by atoms with Crippen LogP contribution in [0.5, 0.6) is 0 Å². The third-order valence-corrected chi connectivity index (χ3v) is 4.48. The van der Waals surface area contributed by atoms with Gasteiger partial charge >= 0.3 is 0 Å². The molecule has 4 heteroatoms. The van der Waals surface area contributed by atoms with Crippen molar-refractivity contribution in [3.05, 3.63) is 17.6 Å². The predicted octanol–water partition coefficient (Wildman–Crippen LogP) is 3.84. The van der Waals surface area contributed by atoms with E-state index in [0.29, 0.717) is 5.92 Å². The van der Waals surface area contributed by atoms with E-state index < -0.39 is 5.60 Å². The Balaban J connectivity index is 2.39. The van der Waals surface area contributed by atoms with Crippen molar-refractivity contribution in [2.24, 2.45) is 0 Å². The van der Waals surface area contributed by atoms with Gasteiger partial charge in [-0.2, -0.15) is 0 Å². The molecule has 0 spiro atoms. The van der Waals surface area contributed by atoms with Gasteiger partial charge in [-0.3, -0.25) is 0 Å². The molecule has 1 saturated carbocycles. The number of methoxy groups -OCH3 is 1. The number of nitrogens with one attached hydrogen (secondary N) is 1. The van der Waals surface area contributed by atoms with Crippen molar-refractivity contribution in [2.45, 2.75) is 64.4 Å². The Bertz CT molecular complexity index is 437. The zero-order valence-corrected chi connectivity index (χ0v) is 13.2. The molecule has 20 heavy (non-hydrogen) atoms. The van der Waals surface area contributed by atoms with Crippen molar-refractivity contribution < 1.29 is 4.74 Å². The van der Waals surface area contributed by atoms with Crippen LogP contribution in [-0.2, 0) is 10.3 Å². The molecular formula is C16H27N3O. The van der Waals surface area contributed by atoms with Gasteiger partial charge in [0.1, 0.15) is 11.4 Å². The topological polar surface area (TPSA) is 47.0 Å². The van der Waals surface area contributed by atoms with E-state index in [1.165, 1.54) is 31.4 Å². The molecule has 1 unspecified atom stereocenters. The van der Waals surface area contributed by atoms with E-state index in [-0.39, 0.29) is 0 Å². The van der Waals surface area contributed by atoms with Crippen LogP contribution in [-0.4, -0.2) is 23.6 Å². The highest BCUT2D eigenvalue weighted by Gasteiger charge is 2.29. The minimum atomic E-state index is -0.404. The van der Waals surface area contributed by atoms with Gasteiger partial charge in [0.05, 0.1) is 0 Å². The second-order valence-corrected chi connectivity index (χ2v) is 5.80. The largest absolute Gasteiger partial charge is 0.371 e. The summed E-state index contributed by atoms with van der Waals surface area (Å²) < 4.78 is 5.67. The highest BCUT2D eigenvalue weighted by molar-refractivity contribution is 5.38. The van der Waals surface area contributed by atoms with Crippen LogP contribution in [0.15, 0.2) is 6.07 Å². The summed E-state index contributed by atoms with van der Waals surface area (Å²) >= 11 is 0. The van der Waals surface area contributed by atoms with Gasteiger partial charge in [0, 0.05) is 31.3 Å². The average molecular weight is 277 g/mol. The molecule has 1 heterocycles. The Morgan fingerprint density at radius 1 is 1.30 bits per heavy atom. The number of hydrogen-bond acceptors (Lipinski definition) is 4. The molecule has 4 nitrogen and oxygen atoms in total. The normalized spacial score (nSPS) is 19.0. The number of nitrogens with zero attached hydrogens (tertiary/aromatic N) is 2. The summed E-state index contributed by atoms with van der Waals surface area (Å²) in [6.45, 7) is 7.14. The van der Waals surface area contributed by atoms with Crippen molar-refractivity contribution in [2.75, 3.05) is 19.0 Å². The van der Waals surface area contributed by atoms with E-state index in [4.69, 9.17) is 9.72 Å². The molecule has 0 aromatic carbocycles. The molecule has 1 aromatic rings. The van der Waals surface area contributed by atoms with E-state index >= 15 is 0 Å². The van der Waals surface area contributed by atoms with Gasteiger partial charge in [0.2, 0.25) is 0 Å². The molecule has 112 valence electrons. The predicted molar refractivity (Wildman–Crippen MR) is 82.1 cm³/mol. The molecule has 1 N–H and O–H groups in total. The Kier molecular flexibility index (Phi) is 4.97. The summed E-state index contributed by atoms with van der Waals surface area (Å²) in [7, 11) is 1.74. The van der Waals surface area contributed by atoms with Crippen molar-refractivity contribution in [3.8, 4) is 0 Å². The highest BCUT2D eigenvalue weighted by Crippen LogP contribution is 2.35. The molecule has 1 fully saturated rings. The van der Waals surface area contributed by atoms with Gasteiger partial charge in [-0.15, -0.1) is 0 Å². The molecule has 1 aromatic heterocycles. The van der Waals surface area contributed by atoms with Crippen LogP contribution in [0, 0.1) is 0 Å². The first-order valence-electron chi connectivity index (χ1n) is 7.81. The molecule has 1 atom stereocenters. The summed E-state index contributed by atoms with van der Waals surface area (Å²) in [5, 5.41) is 3.33. The summed E-state index contributed by atoms with van der Waals surface area (Å²) in [6, 6.07) is 2.12. The summed E-state index contributed by atoms with van der Waals surface area (Å²) in [5.41, 5.74) is 0.777. The van der Waals surface area contributed by atoms with Crippen LogP contribution >= 0.6 is 0 Å². The molecule has 0 saturated heterocycles. The maximum absolute atomic E-state index is 5.67. The van der Waals surface area contributed by atoms with Crippen LogP contribution in [0.3, 0.4) is 0 Å². The van der Waals surface area contributed by atoms with E-state index in [9.17, 15) is 0 Å². The molecule has 1 aliphatic carbocycles. The summed E-state index contributed by atoms with van der Waals surface area (Å²) in [5.74, 6) is 2.33. The molecular weight excluding hydrogens is 250 g/mol. The molecule has 2 rings (SSSR count). The Morgan fingerprint density at radius 2 is 2.00 bits per heavy atom. The van der Waals surface area contributed by atoms with Gasteiger partial charge in [0.25, 0.3) is 0 Å². The fourth-order valence-corrected chi connectivity index (χ4v) is 2.80. The van der Waals surface area contributed by atoms with Crippen LogP contribution in [0.1, 0.15) is 70.3 Å². The molecule has 1 aliphatic rings. The summed E-state index contributed by atoms with van der Waals surface area (Å²) in [6.07, 6.45) is 5.99. The quantitative estimate of drug-likeness (QED) is 0.858. The second kappa shape index (κ2) is 6.53. The number of aromatic nitrogens is 2. The monoisotopic (exact) mass is 277 g/mol. The van der Waals surface area contributed by atoms with E-state index in [1.807, 2.05) is 0 Å². The Morgan fingerprint density at radius 3 is 2.55 bits per heavy atom. The van der Waals surface area contributed by atoms with E-state index in [2.05, 4.69) is 37.1 Å². The lowest BCUT2D eigenvalue weighted by molar-refractivity contribution is -0.00909. The van der Waals surface area contributed by atoms with Gasteiger partial charge in [0.15, 0.2) is 5.82 Å². The Labute approximate surface area is 122 Å². The van der Waals surface area contributed by atoms with Gasteiger partial charge < -0.3 is 10.1 Å². The Hall–Kier alpha value is -1.16. The van der Waals surface area contributed by atoms with Crippen LogP contribution in [0.4, 0.5) is 5.82 Å². The zero-order valence-electron chi connectivity index (χ0n) is 13.2. The molecule has 0 aliphatic heterocycles. The smallest absolute Gasteiger partial charge is 0.162 e. The lowest BCUT2D eigenvalue weighted by Gasteiger charge is -2.26. The van der Waals surface area contributed by atoms with Crippen molar-refractivity contribution in [1.29, 1.82) is 0 Å².